The van der Waals surface area contributed by atoms with Crippen molar-refractivity contribution in [1.29, 1.82) is 0 Å². The Morgan fingerprint density at radius 1 is 1.23 bits per heavy atom. The topological polar surface area (TPSA) is 129 Å². The number of rotatable bonds is 11. The van der Waals surface area contributed by atoms with E-state index in [1.165, 1.54) is 30.2 Å². The molecule has 0 unspecified atom stereocenters. The minimum Gasteiger partial charge on any atom is -0.493 e. The molecule has 0 bridgehead atoms. The number of nitrogens with zero attached hydrogens (tertiary/aromatic N) is 1. The summed E-state index contributed by atoms with van der Waals surface area (Å²) < 4.78 is 26.9. The number of nitrogens with one attached hydrogen (secondary N) is 1. The van der Waals surface area contributed by atoms with E-state index < -0.39 is 35.9 Å². The lowest BCUT2D eigenvalue weighted by Crippen LogP contribution is -2.54. The van der Waals surface area contributed by atoms with Crippen molar-refractivity contribution in [2.75, 3.05) is 20.3 Å². The zero-order valence-corrected chi connectivity index (χ0v) is 24.7. The summed E-state index contributed by atoms with van der Waals surface area (Å²) >= 11 is 2.02. The third-order valence-electron chi connectivity index (χ3n) is 6.33. The van der Waals surface area contributed by atoms with E-state index in [9.17, 15) is 29.3 Å². The zero-order chi connectivity index (χ0) is 29.4. The molecule has 2 aromatic carbocycles. The molecule has 0 aromatic heterocycles. The van der Waals surface area contributed by atoms with Gasteiger partial charge in [-0.2, -0.15) is 0 Å². The molecule has 3 rings (SSSR count). The molecule has 0 fully saturated rings. The van der Waals surface area contributed by atoms with Gasteiger partial charge < -0.3 is 35.0 Å². The van der Waals surface area contributed by atoms with E-state index in [0.717, 1.165) is 0 Å². The molecule has 4 N–H and O–H groups in total. The first-order valence-corrected chi connectivity index (χ1v) is 13.8. The fraction of sp³-hybridized carbons (Fsp3) is 0.379. The Hall–Kier alpha value is -3.00. The summed E-state index contributed by atoms with van der Waals surface area (Å²) in [6.45, 7) is 2.88. The van der Waals surface area contributed by atoms with Crippen LogP contribution in [-0.4, -0.2) is 70.5 Å². The number of hydrogen-bond donors (Lipinski definition) is 4. The first-order chi connectivity index (χ1) is 19.1. The molecule has 0 aliphatic heterocycles. The Balaban J connectivity index is 2.08. The van der Waals surface area contributed by atoms with Crippen molar-refractivity contribution in [3.63, 3.8) is 0 Å². The number of benzene rings is 2. The van der Waals surface area contributed by atoms with E-state index >= 15 is 0 Å². The van der Waals surface area contributed by atoms with E-state index in [1.54, 1.807) is 44.2 Å². The molecular weight excluding hydrogens is 634 g/mol. The molecule has 3 atom stereocenters. The number of amides is 2. The van der Waals surface area contributed by atoms with Crippen LogP contribution in [0, 0.1) is 9.39 Å². The van der Waals surface area contributed by atoms with Crippen LogP contribution in [0.1, 0.15) is 31.4 Å². The highest BCUT2D eigenvalue weighted by atomic mass is 127. The van der Waals surface area contributed by atoms with Gasteiger partial charge in [0.2, 0.25) is 11.8 Å². The van der Waals surface area contributed by atoms with Gasteiger partial charge in [0.1, 0.15) is 18.0 Å². The highest BCUT2D eigenvalue weighted by molar-refractivity contribution is 14.1. The van der Waals surface area contributed by atoms with E-state index in [4.69, 9.17) is 9.47 Å². The SMILES string of the molecule is COc1cc(CO)cc(I)c1O[C@H]1C=C(C(=O)NCCO)C[C@@H](N(Cc2ccccc2F)C(=O)C=C(C)C)[C@@H]1O. The van der Waals surface area contributed by atoms with Crippen LogP contribution in [0.2, 0.25) is 0 Å². The summed E-state index contributed by atoms with van der Waals surface area (Å²) in [4.78, 5) is 27.8. The number of allylic oxidation sites excluding steroid dienone is 1. The first kappa shape index (κ1) is 31.5. The third kappa shape index (κ3) is 7.80. The molecule has 0 saturated heterocycles. The van der Waals surface area contributed by atoms with Crippen LogP contribution in [0.4, 0.5) is 4.39 Å². The number of methoxy groups -OCH3 is 1. The van der Waals surface area contributed by atoms with Gasteiger partial charge in [0.25, 0.3) is 0 Å². The van der Waals surface area contributed by atoms with Crippen molar-refractivity contribution < 1.29 is 38.8 Å². The Bertz CT molecular complexity index is 1280. The monoisotopic (exact) mass is 668 g/mol. The van der Waals surface area contributed by atoms with Gasteiger partial charge in [-0.05, 0) is 66.3 Å². The molecule has 1 aliphatic carbocycles. The summed E-state index contributed by atoms with van der Waals surface area (Å²) in [5, 5.41) is 33.0. The summed E-state index contributed by atoms with van der Waals surface area (Å²) in [5.74, 6) is -0.850. The summed E-state index contributed by atoms with van der Waals surface area (Å²) in [6, 6.07) is 8.39. The Labute approximate surface area is 246 Å². The normalized spacial score (nSPS) is 18.4. The highest BCUT2D eigenvalue weighted by Crippen LogP contribution is 2.37. The lowest BCUT2D eigenvalue weighted by atomic mass is 9.87. The first-order valence-electron chi connectivity index (χ1n) is 12.7. The number of aliphatic hydroxyl groups is 3. The van der Waals surface area contributed by atoms with Gasteiger partial charge in [-0.25, -0.2) is 4.39 Å². The quantitative estimate of drug-likeness (QED) is 0.214. The maximum atomic E-state index is 14.7. The Morgan fingerprint density at radius 3 is 2.58 bits per heavy atom. The van der Waals surface area contributed by atoms with E-state index in [-0.39, 0.29) is 49.6 Å². The maximum Gasteiger partial charge on any atom is 0.247 e. The fourth-order valence-corrected chi connectivity index (χ4v) is 5.19. The lowest BCUT2D eigenvalue weighted by molar-refractivity contribution is -0.134. The van der Waals surface area contributed by atoms with Crippen LogP contribution in [0.3, 0.4) is 0 Å². The summed E-state index contributed by atoms with van der Waals surface area (Å²) in [5.41, 5.74) is 1.79. The van der Waals surface area contributed by atoms with Crippen molar-refractivity contribution in [3.05, 3.63) is 80.2 Å². The van der Waals surface area contributed by atoms with E-state index in [0.29, 0.717) is 20.5 Å². The second kappa shape index (κ2) is 14.6. The molecular formula is C29H34FIN2O7. The number of aliphatic hydroxyl groups excluding tert-OH is 3. The summed E-state index contributed by atoms with van der Waals surface area (Å²) in [7, 11) is 1.44. The van der Waals surface area contributed by atoms with Crippen molar-refractivity contribution in [1.82, 2.24) is 10.2 Å². The smallest absolute Gasteiger partial charge is 0.247 e. The van der Waals surface area contributed by atoms with Crippen molar-refractivity contribution in [2.45, 2.75) is 51.7 Å². The summed E-state index contributed by atoms with van der Waals surface area (Å²) in [6.07, 6.45) is 0.433. The van der Waals surface area contributed by atoms with E-state index in [1.807, 2.05) is 22.6 Å². The van der Waals surface area contributed by atoms with Gasteiger partial charge in [0, 0.05) is 36.7 Å². The molecule has 0 radical (unpaired) electrons. The number of ether oxygens (including phenoxy) is 2. The van der Waals surface area contributed by atoms with Crippen LogP contribution in [0.15, 0.2) is 59.7 Å². The molecule has 216 valence electrons. The molecule has 2 amide bonds. The minimum absolute atomic E-state index is 0.0128. The Morgan fingerprint density at radius 2 is 1.95 bits per heavy atom. The van der Waals surface area contributed by atoms with Crippen LogP contribution in [0.5, 0.6) is 11.5 Å². The fourth-order valence-electron chi connectivity index (χ4n) is 4.39. The molecule has 1 aliphatic rings. The maximum absolute atomic E-state index is 14.7. The largest absolute Gasteiger partial charge is 0.493 e. The van der Waals surface area contributed by atoms with Gasteiger partial charge in [0.15, 0.2) is 11.5 Å². The lowest BCUT2D eigenvalue weighted by Gasteiger charge is -2.40. The van der Waals surface area contributed by atoms with Gasteiger partial charge >= 0.3 is 0 Å². The van der Waals surface area contributed by atoms with Gasteiger partial charge in [0.05, 0.1) is 29.9 Å². The molecule has 0 heterocycles. The van der Waals surface area contributed by atoms with Gasteiger partial charge in [-0.1, -0.05) is 23.8 Å². The molecule has 0 saturated carbocycles. The molecule has 2 aromatic rings. The number of hydrogen-bond acceptors (Lipinski definition) is 7. The predicted octanol–water partition coefficient (Wildman–Crippen LogP) is 2.84. The van der Waals surface area contributed by atoms with Crippen LogP contribution >= 0.6 is 22.6 Å². The second-order valence-corrected chi connectivity index (χ2v) is 10.7. The van der Waals surface area contributed by atoms with Gasteiger partial charge in [-0.15, -0.1) is 0 Å². The molecule has 11 heteroatoms. The van der Waals surface area contributed by atoms with Crippen molar-refractivity contribution >= 4 is 34.4 Å². The van der Waals surface area contributed by atoms with Crippen LogP contribution in [-0.2, 0) is 22.7 Å². The zero-order valence-electron chi connectivity index (χ0n) is 22.6. The number of carbonyl (C=O) groups is 2. The second-order valence-electron chi connectivity index (χ2n) is 9.56. The standard InChI is InChI=1S/C29H34FIN2O7/c1-17(2)10-26(36)33(15-19-6-4-5-7-21(19)30)23-13-20(29(38)32-8-9-34)14-24(27(23)37)40-28-22(31)11-18(16-35)12-25(28)39-3/h4-7,10-12,14,23-24,27,34-35,37H,8-9,13,15-16H2,1-3H3,(H,32,38)/t23-,24+,27+/m1/s1. The van der Waals surface area contributed by atoms with Crippen LogP contribution in [0.25, 0.3) is 0 Å². The van der Waals surface area contributed by atoms with Gasteiger partial charge in [-0.3, -0.25) is 9.59 Å². The molecule has 9 nitrogen and oxygen atoms in total. The highest BCUT2D eigenvalue weighted by Gasteiger charge is 2.41. The average molecular weight is 669 g/mol. The third-order valence-corrected chi connectivity index (χ3v) is 7.14. The number of carbonyl (C=O) groups excluding carboxylic acids is 2. The number of halogens is 2. The average Bonchev–Trinajstić information content (AvgIpc) is 2.92. The van der Waals surface area contributed by atoms with Crippen molar-refractivity contribution in [2.24, 2.45) is 0 Å². The van der Waals surface area contributed by atoms with Crippen LogP contribution < -0.4 is 14.8 Å². The van der Waals surface area contributed by atoms with Crippen molar-refractivity contribution in [3.8, 4) is 11.5 Å². The molecule has 40 heavy (non-hydrogen) atoms. The molecule has 0 spiro atoms. The predicted molar refractivity (Wildman–Crippen MR) is 155 cm³/mol. The minimum atomic E-state index is -1.31. The van der Waals surface area contributed by atoms with E-state index in [2.05, 4.69) is 5.32 Å². The Kier molecular flexibility index (Phi) is 11.5.